The van der Waals surface area contributed by atoms with Crippen LogP contribution in [0.3, 0.4) is 0 Å². The molecule has 28 heavy (non-hydrogen) atoms. The van der Waals surface area contributed by atoms with Crippen LogP contribution in [0.5, 0.6) is 17.2 Å². The highest BCUT2D eigenvalue weighted by molar-refractivity contribution is 5.84. The van der Waals surface area contributed by atoms with Crippen LogP contribution in [-0.2, 0) is 19.0 Å². The van der Waals surface area contributed by atoms with Gasteiger partial charge in [-0.2, -0.15) is 13.2 Å². The SMILES string of the molecule is COc1cc2c(cc1C(F)(F)F)C[C@H]1c3c(cc(OC)c(OC)c3-2)CCN1C. The van der Waals surface area contributed by atoms with Crippen LogP contribution in [-0.4, -0.2) is 39.8 Å². The second-order valence-corrected chi connectivity index (χ2v) is 7.22. The normalized spacial score (nSPS) is 18.3. The van der Waals surface area contributed by atoms with Gasteiger partial charge in [0.15, 0.2) is 11.5 Å². The van der Waals surface area contributed by atoms with Gasteiger partial charge in [0, 0.05) is 18.2 Å². The molecule has 0 unspecified atom stereocenters. The predicted molar refractivity (Wildman–Crippen MR) is 99.3 cm³/mol. The summed E-state index contributed by atoms with van der Waals surface area (Å²) in [4.78, 5) is 2.19. The van der Waals surface area contributed by atoms with E-state index in [0.29, 0.717) is 29.0 Å². The molecule has 4 nitrogen and oxygen atoms in total. The lowest BCUT2D eigenvalue weighted by Gasteiger charge is -2.40. The van der Waals surface area contributed by atoms with Gasteiger partial charge in [0.05, 0.1) is 26.9 Å². The van der Waals surface area contributed by atoms with E-state index in [1.54, 1.807) is 14.2 Å². The molecule has 0 saturated carbocycles. The minimum atomic E-state index is -4.48. The zero-order valence-corrected chi connectivity index (χ0v) is 16.2. The van der Waals surface area contributed by atoms with Crippen LogP contribution in [0.4, 0.5) is 13.2 Å². The van der Waals surface area contributed by atoms with E-state index in [9.17, 15) is 13.2 Å². The van der Waals surface area contributed by atoms with Crippen molar-refractivity contribution in [2.45, 2.75) is 25.1 Å². The second kappa shape index (κ2) is 6.58. The van der Waals surface area contributed by atoms with Crippen molar-refractivity contribution in [3.63, 3.8) is 0 Å². The predicted octanol–water partition coefficient (Wildman–Crippen LogP) is 4.48. The maximum atomic E-state index is 13.6. The van der Waals surface area contributed by atoms with Gasteiger partial charge in [-0.15, -0.1) is 0 Å². The number of nitrogens with zero attached hydrogens (tertiary/aromatic N) is 1. The van der Waals surface area contributed by atoms with Crippen molar-refractivity contribution in [2.75, 3.05) is 34.9 Å². The molecule has 0 saturated heterocycles. The Morgan fingerprint density at radius 3 is 2.29 bits per heavy atom. The second-order valence-electron chi connectivity index (χ2n) is 7.22. The van der Waals surface area contributed by atoms with Gasteiger partial charge < -0.3 is 14.2 Å². The van der Waals surface area contributed by atoms with Crippen LogP contribution in [0.25, 0.3) is 11.1 Å². The summed E-state index contributed by atoms with van der Waals surface area (Å²) in [6, 6.07) is 4.70. The third kappa shape index (κ3) is 2.71. The number of hydrogen-bond donors (Lipinski definition) is 0. The lowest BCUT2D eigenvalue weighted by atomic mass is 9.76. The van der Waals surface area contributed by atoms with Gasteiger partial charge in [-0.25, -0.2) is 0 Å². The van der Waals surface area contributed by atoms with Gasteiger partial charge >= 0.3 is 6.18 Å². The molecule has 0 spiro atoms. The Morgan fingerprint density at radius 2 is 1.68 bits per heavy atom. The average Bonchev–Trinajstić information content (AvgIpc) is 2.68. The lowest BCUT2D eigenvalue weighted by Crippen LogP contribution is -2.35. The number of rotatable bonds is 3. The molecule has 1 atom stereocenters. The minimum absolute atomic E-state index is 0.000495. The Bertz CT molecular complexity index is 940. The van der Waals surface area contributed by atoms with E-state index in [2.05, 4.69) is 4.90 Å². The highest BCUT2D eigenvalue weighted by Crippen LogP contribution is 2.54. The van der Waals surface area contributed by atoms with Crippen LogP contribution >= 0.6 is 0 Å². The quantitative estimate of drug-likeness (QED) is 0.769. The van der Waals surface area contributed by atoms with Crippen LogP contribution in [0.1, 0.15) is 28.3 Å². The van der Waals surface area contributed by atoms with E-state index < -0.39 is 11.7 Å². The van der Waals surface area contributed by atoms with Crippen molar-refractivity contribution in [3.05, 3.63) is 40.5 Å². The van der Waals surface area contributed by atoms with Crippen molar-refractivity contribution >= 4 is 0 Å². The average molecular weight is 393 g/mol. The lowest BCUT2D eigenvalue weighted by molar-refractivity contribution is -0.138. The molecule has 0 radical (unpaired) electrons. The molecule has 0 amide bonds. The van der Waals surface area contributed by atoms with Gasteiger partial charge in [-0.3, -0.25) is 4.90 Å². The van der Waals surface area contributed by atoms with Gasteiger partial charge in [-0.05, 0) is 60.3 Å². The number of likely N-dealkylation sites (N-methyl/N-ethyl adjacent to an activating group) is 1. The zero-order chi connectivity index (χ0) is 20.2. The molecule has 0 N–H and O–H groups in total. The monoisotopic (exact) mass is 393 g/mol. The van der Waals surface area contributed by atoms with Crippen LogP contribution in [0.2, 0.25) is 0 Å². The Balaban J connectivity index is 2.07. The van der Waals surface area contributed by atoms with Crippen molar-refractivity contribution in [2.24, 2.45) is 0 Å². The molecule has 1 heterocycles. The molecule has 2 aromatic rings. The maximum Gasteiger partial charge on any atom is 0.419 e. The summed E-state index contributed by atoms with van der Waals surface area (Å²) in [6.45, 7) is 0.838. The summed E-state index contributed by atoms with van der Waals surface area (Å²) >= 11 is 0. The first-order valence-electron chi connectivity index (χ1n) is 9.06. The summed E-state index contributed by atoms with van der Waals surface area (Å²) in [5.74, 6) is 0.947. The van der Waals surface area contributed by atoms with E-state index in [-0.39, 0.29) is 11.8 Å². The third-order valence-electron chi connectivity index (χ3n) is 5.81. The standard InChI is InChI=1S/C21H22F3NO3/c1-25-6-5-11-9-17(27-3)20(28-4)19-13-10-16(26-2)14(21(22,23)24)7-12(13)8-15(25)18(11)19/h7,9-10,15H,5-6,8H2,1-4H3/t15-/m0/s1. The number of hydrogen-bond acceptors (Lipinski definition) is 4. The molecule has 2 aromatic carbocycles. The highest BCUT2D eigenvalue weighted by Gasteiger charge is 2.40. The van der Waals surface area contributed by atoms with Crippen molar-refractivity contribution in [1.82, 2.24) is 4.90 Å². The van der Waals surface area contributed by atoms with Crippen LogP contribution < -0.4 is 14.2 Å². The Kier molecular flexibility index (Phi) is 4.45. The first kappa shape index (κ1) is 18.9. The molecular weight excluding hydrogens is 371 g/mol. The molecule has 150 valence electrons. The van der Waals surface area contributed by atoms with Crippen LogP contribution in [0.15, 0.2) is 18.2 Å². The molecule has 0 fully saturated rings. The number of alkyl halides is 3. The Labute approximate surface area is 161 Å². The fourth-order valence-electron chi connectivity index (χ4n) is 4.47. The van der Waals surface area contributed by atoms with E-state index in [4.69, 9.17) is 14.2 Å². The summed E-state index contributed by atoms with van der Waals surface area (Å²) in [5, 5.41) is 0. The van der Waals surface area contributed by atoms with Crippen molar-refractivity contribution in [3.8, 4) is 28.4 Å². The Morgan fingerprint density at radius 1 is 0.964 bits per heavy atom. The van der Waals surface area contributed by atoms with Crippen LogP contribution in [0, 0.1) is 0 Å². The minimum Gasteiger partial charge on any atom is -0.496 e. The highest BCUT2D eigenvalue weighted by atomic mass is 19.4. The van der Waals surface area contributed by atoms with Crippen molar-refractivity contribution < 1.29 is 27.4 Å². The topological polar surface area (TPSA) is 30.9 Å². The number of ether oxygens (including phenoxy) is 3. The number of benzene rings is 2. The largest absolute Gasteiger partial charge is 0.496 e. The van der Waals surface area contributed by atoms with Gasteiger partial charge in [0.1, 0.15) is 5.75 Å². The fraction of sp³-hybridized carbons (Fsp3) is 0.429. The molecule has 7 heteroatoms. The maximum absolute atomic E-state index is 13.6. The summed E-state index contributed by atoms with van der Waals surface area (Å²) in [7, 11) is 6.39. The van der Waals surface area contributed by atoms with Gasteiger partial charge in [0.25, 0.3) is 0 Å². The van der Waals surface area contributed by atoms with E-state index in [1.807, 2.05) is 13.1 Å². The van der Waals surface area contributed by atoms with Crippen molar-refractivity contribution in [1.29, 1.82) is 0 Å². The molecule has 1 aliphatic heterocycles. The summed E-state index contributed by atoms with van der Waals surface area (Å²) in [6.07, 6.45) is -3.13. The zero-order valence-electron chi connectivity index (χ0n) is 16.2. The van der Waals surface area contributed by atoms with E-state index in [0.717, 1.165) is 29.7 Å². The molecular formula is C21H22F3NO3. The molecule has 1 aliphatic carbocycles. The molecule has 0 bridgehead atoms. The van der Waals surface area contributed by atoms with Gasteiger partial charge in [0.2, 0.25) is 0 Å². The fourth-order valence-corrected chi connectivity index (χ4v) is 4.47. The molecule has 2 aliphatic rings. The summed E-state index contributed by atoms with van der Waals surface area (Å²) in [5.41, 5.74) is 3.67. The number of methoxy groups -OCH3 is 3. The van der Waals surface area contributed by atoms with E-state index in [1.165, 1.54) is 19.2 Å². The Hall–Kier alpha value is -2.41. The number of fused-ring (bicyclic) bond motifs is 2. The van der Waals surface area contributed by atoms with Gasteiger partial charge in [-0.1, -0.05) is 0 Å². The summed E-state index contributed by atoms with van der Waals surface area (Å²) < 4.78 is 57.0. The molecule has 4 rings (SSSR count). The first-order chi connectivity index (χ1) is 13.3. The molecule has 0 aromatic heterocycles. The number of halogens is 3. The third-order valence-corrected chi connectivity index (χ3v) is 5.81. The van der Waals surface area contributed by atoms with E-state index >= 15 is 0 Å². The first-order valence-corrected chi connectivity index (χ1v) is 9.06. The smallest absolute Gasteiger partial charge is 0.419 e.